The first-order valence-corrected chi connectivity index (χ1v) is 7.60. The van der Waals surface area contributed by atoms with Crippen molar-refractivity contribution in [1.29, 1.82) is 0 Å². The van der Waals surface area contributed by atoms with Crippen LogP contribution in [0.3, 0.4) is 0 Å². The standard InChI is InChI=1S/C13H14N2S2/c1-9-4-2-3-5-11(9)8-16-13-14-12(15-17-13)10-6-7-10/h2-5,10H,6-8H2,1H3. The molecule has 1 saturated carbocycles. The maximum Gasteiger partial charge on any atom is 0.170 e. The Hall–Kier alpha value is -0.870. The Morgan fingerprint density at radius 2 is 2.18 bits per heavy atom. The van der Waals surface area contributed by atoms with Crippen LogP contribution in [0.1, 0.15) is 35.7 Å². The minimum absolute atomic E-state index is 0.666. The average Bonchev–Trinajstić information content (AvgIpc) is 3.08. The quantitative estimate of drug-likeness (QED) is 0.778. The van der Waals surface area contributed by atoms with Gasteiger partial charge in [-0.25, -0.2) is 4.98 Å². The summed E-state index contributed by atoms with van der Waals surface area (Å²) in [7, 11) is 0. The zero-order valence-corrected chi connectivity index (χ0v) is 11.4. The first-order valence-electron chi connectivity index (χ1n) is 5.84. The second-order valence-electron chi connectivity index (χ2n) is 4.41. The van der Waals surface area contributed by atoms with Crippen molar-refractivity contribution >= 4 is 23.3 Å². The number of thioether (sulfide) groups is 1. The number of rotatable bonds is 4. The topological polar surface area (TPSA) is 25.8 Å². The fraction of sp³-hybridized carbons (Fsp3) is 0.385. The van der Waals surface area contributed by atoms with Gasteiger partial charge in [-0.15, -0.1) is 0 Å². The molecule has 2 nitrogen and oxygen atoms in total. The van der Waals surface area contributed by atoms with E-state index in [1.807, 2.05) is 0 Å². The summed E-state index contributed by atoms with van der Waals surface area (Å²) in [5.74, 6) is 2.73. The van der Waals surface area contributed by atoms with Crippen LogP contribution in [0, 0.1) is 6.92 Å². The molecule has 0 unspecified atom stereocenters. The van der Waals surface area contributed by atoms with E-state index in [4.69, 9.17) is 0 Å². The van der Waals surface area contributed by atoms with E-state index in [0.29, 0.717) is 5.92 Å². The minimum Gasteiger partial charge on any atom is -0.213 e. The van der Waals surface area contributed by atoms with Gasteiger partial charge in [0.15, 0.2) is 4.34 Å². The van der Waals surface area contributed by atoms with Crippen molar-refractivity contribution in [2.45, 2.75) is 35.8 Å². The molecular weight excluding hydrogens is 248 g/mol. The largest absolute Gasteiger partial charge is 0.213 e. The summed E-state index contributed by atoms with van der Waals surface area (Å²) in [6, 6.07) is 8.52. The summed E-state index contributed by atoms with van der Waals surface area (Å²) in [6.45, 7) is 2.16. The summed E-state index contributed by atoms with van der Waals surface area (Å²) in [4.78, 5) is 4.59. The Balaban J connectivity index is 1.65. The maximum absolute atomic E-state index is 4.59. The third-order valence-corrected chi connectivity index (χ3v) is 4.87. The van der Waals surface area contributed by atoms with E-state index in [9.17, 15) is 0 Å². The number of aryl methyl sites for hydroxylation is 1. The van der Waals surface area contributed by atoms with Gasteiger partial charge in [-0.1, -0.05) is 36.0 Å². The fourth-order valence-electron chi connectivity index (χ4n) is 1.70. The van der Waals surface area contributed by atoms with E-state index < -0.39 is 0 Å². The molecule has 17 heavy (non-hydrogen) atoms. The Kier molecular flexibility index (Phi) is 3.16. The summed E-state index contributed by atoms with van der Waals surface area (Å²) >= 11 is 3.34. The molecule has 1 fully saturated rings. The van der Waals surface area contributed by atoms with Crippen molar-refractivity contribution in [1.82, 2.24) is 9.36 Å². The van der Waals surface area contributed by atoms with Crippen LogP contribution < -0.4 is 0 Å². The summed E-state index contributed by atoms with van der Waals surface area (Å²) in [6.07, 6.45) is 2.55. The second-order valence-corrected chi connectivity index (χ2v) is 6.38. The van der Waals surface area contributed by atoms with Crippen molar-refractivity contribution in [3.63, 3.8) is 0 Å². The van der Waals surface area contributed by atoms with Crippen LogP contribution in [-0.4, -0.2) is 9.36 Å². The van der Waals surface area contributed by atoms with Gasteiger partial charge in [0.25, 0.3) is 0 Å². The van der Waals surface area contributed by atoms with Gasteiger partial charge in [-0.2, -0.15) is 4.37 Å². The van der Waals surface area contributed by atoms with Gasteiger partial charge in [0.05, 0.1) is 0 Å². The lowest BCUT2D eigenvalue weighted by Gasteiger charge is -2.02. The van der Waals surface area contributed by atoms with Crippen molar-refractivity contribution in [2.75, 3.05) is 0 Å². The molecule has 2 aromatic rings. The molecule has 3 rings (SSSR count). The zero-order valence-electron chi connectivity index (χ0n) is 9.72. The molecule has 1 aromatic carbocycles. The summed E-state index contributed by atoms with van der Waals surface area (Å²) in [5, 5.41) is 0. The van der Waals surface area contributed by atoms with Gasteiger partial charge >= 0.3 is 0 Å². The zero-order chi connectivity index (χ0) is 11.7. The van der Waals surface area contributed by atoms with Crippen LogP contribution in [0.4, 0.5) is 0 Å². The van der Waals surface area contributed by atoms with Crippen molar-refractivity contribution < 1.29 is 0 Å². The Morgan fingerprint density at radius 3 is 2.94 bits per heavy atom. The number of hydrogen-bond donors (Lipinski definition) is 0. The first-order chi connectivity index (χ1) is 8.33. The van der Waals surface area contributed by atoms with E-state index in [2.05, 4.69) is 40.5 Å². The first kappa shape index (κ1) is 11.2. The highest BCUT2D eigenvalue weighted by Gasteiger charge is 2.27. The molecule has 0 saturated heterocycles. The van der Waals surface area contributed by atoms with E-state index in [1.54, 1.807) is 23.3 Å². The molecule has 0 atom stereocenters. The number of aromatic nitrogens is 2. The van der Waals surface area contributed by atoms with E-state index in [0.717, 1.165) is 15.9 Å². The van der Waals surface area contributed by atoms with Crippen molar-refractivity contribution in [3.05, 3.63) is 41.2 Å². The van der Waals surface area contributed by atoms with Crippen LogP contribution in [0.2, 0.25) is 0 Å². The third-order valence-electron chi connectivity index (χ3n) is 2.98. The number of benzene rings is 1. The lowest BCUT2D eigenvalue weighted by atomic mass is 10.1. The molecule has 1 aromatic heterocycles. The lowest BCUT2D eigenvalue weighted by Crippen LogP contribution is -1.85. The molecule has 1 aliphatic rings. The summed E-state index contributed by atoms with van der Waals surface area (Å²) < 4.78 is 5.53. The van der Waals surface area contributed by atoms with Crippen LogP contribution in [-0.2, 0) is 5.75 Å². The SMILES string of the molecule is Cc1ccccc1CSc1nc(C2CC2)ns1. The Morgan fingerprint density at radius 1 is 1.35 bits per heavy atom. The molecule has 0 N–H and O–H groups in total. The van der Waals surface area contributed by atoms with Crippen LogP contribution in [0.15, 0.2) is 28.6 Å². The number of hydrogen-bond acceptors (Lipinski definition) is 4. The molecule has 0 radical (unpaired) electrons. The molecule has 4 heteroatoms. The molecular formula is C13H14N2S2. The number of nitrogens with zero attached hydrogens (tertiary/aromatic N) is 2. The van der Waals surface area contributed by atoms with Gasteiger partial charge in [-0.3, -0.25) is 0 Å². The van der Waals surface area contributed by atoms with Gasteiger partial charge in [0.2, 0.25) is 0 Å². The van der Waals surface area contributed by atoms with Crippen LogP contribution in [0.25, 0.3) is 0 Å². The lowest BCUT2D eigenvalue weighted by molar-refractivity contribution is 0.958. The van der Waals surface area contributed by atoms with E-state index in [1.165, 1.54) is 24.0 Å². The smallest absolute Gasteiger partial charge is 0.170 e. The summed E-state index contributed by atoms with van der Waals surface area (Å²) in [5.41, 5.74) is 2.74. The van der Waals surface area contributed by atoms with E-state index in [-0.39, 0.29) is 0 Å². The molecule has 0 spiro atoms. The van der Waals surface area contributed by atoms with Gasteiger partial charge < -0.3 is 0 Å². The Bertz CT molecular complexity index is 518. The van der Waals surface area contributed by atoms with Crippen molar-refractivity contribution in [2.24, 2.45) is 0 Å². The highest BCUT2D eigenvalue weighted by molar-refractivity contribution is 8.00. The molecule has 0 amide bonds. The minimum atomic E-state index is 0.666. The second kappa shape index (κ2) is 4.78. The molecule has 88 valence electrons. The van der Waals surface area contributed by atoms with Crippen molar-refractivity contribution in [3.8, 4) is 0 Å². The third kappa shape index (κ3) is 2.69. The van der Waals surface area contributed by atoms with Crippen LogP contribution >= 0.6 is 23.3 Å². The molecule has 0 bridgehead atoms. The van der Waals surface area contributed by atoms with E-state index >= 15 is 0 Å². The molecule has 1 heterocycles. The van der Waals surface area contributed by atoms with Gasteiger partial charge in [0.1, 0.15) is 5.82 Å². The van der Waals surface area contributed by atoms with Gasteiger partial charge in [-0.05, 0) is 42.4 Å². The molecule has 1 aliphatic carbocycles. The maximum atomic E-state index is 4.59. The fourth-order valence-corrected chi connectivity index (χ4v) is 3.45. The van der Waals surface area contributed by atoms with Gasteiger partial charge in [0, 0.05) is 11.7 Å². The predicted molar refractivity (Wildman–Crippen MR) is 72.6 cm³/mol. The highest BCUT2D eigenvalue weighted by Crippen LogP contribution is 2.40. The normalized spacial score (nSPS) is 15.1. The molecule has 0 aliphatic heterocycles. The Labute approximate surface area is 110 Å². The monoisotopic (exact) mass is 262 g/mol. The average molecular weight is 262 g/mol. The van der Waals surface area contributed by atoms with Crippen LogP contribution in [0.5, 0.6) is 0 Å². The predicted octanol–water partition coefficient (Wildman–Crippen LogP) is 4.02. The highest BCUT2D eigenvalue weighted by atomic mass is 32.2.